The van der Waals surface area contributed by atoms with E-state index in [1.54, 1.807) is 4.57 Å². The summed E-state index contributed by atoms with van der Waals surface area (Å²) in [5.41, 5.74) is 1.66. The quantitative estimate of drug-likeness (QED) is 0.822. The molecule has 2 heterocycles. The van der Waals surface area contributed by atoms with Crippen molar-refractivity contribution in [1.82, 2.24) is 14.9 Å². The largest absolute Gasteiger partial charge is 0.315 e. The normalized spacial score (nSPS) is 20.0. The van der Waals surface area contributed by atoms with Crippen LogP contribution in [0.4, 0.5) is 0 Å². The zero-order valence-corrected chi connectivity index (χ0v) is 12.3. The minimum Gasteiger partial charge on any atom is -0.315 e. The second kappa shape index (κ2) is 5.54. The Bertz CT molecular complexity index is 687. The van der Waals surface area contributed by atoms with Gasteiger partial charge < -0.3 is 5.32 Å². The van der Waals surface area contributed by atoms with Crippen molar-refractivity contribution in [1.29, 1.82) is 0 Å². The third kappa shape index (κ3) is 2.34. The summed E-state index contributed by atoms with van der Waals surface area (Å²) in [7, 11) is 0. The van der Waals surface area contributed by atoms with Crippen molar-refractivity contribution in [2.24, 2.45) is 0 Å². The molecule has 0 amide bonds. The predicted molar refractivity (Wildman–Crippen MR) is 81.5 cm³/mol. The number of aromatic nitrogens is 2. The number of hydrogen-bond donors (Lipinski definition) is 1. The minimum absolute atomic E-state index is 0.0302. The standard InChI is InChI=1S/C15H18ClN3O/c1-10-5-4-7-12-13(10)18-15(16)19(14(12)20)11-6-2-3-8-17-9-11/h4-5,7,11,17H,2-3,6,8-9H2,1H3. The Morgan fingerprint density at radius 3 is 3.10 bits per heavy atom. The highest BCUT2D eigenvalue weighted by atomic mass is 35.5. The van der Waals surface area contributed by atoms with E-state index < -0.39 is 0 Å². The van der Waals surface area contributed by atoms with Gasteiger partial charge in [-0.15, -0.1) is 0 Å². The van der Waals surface area contributed by atoms with Crippen molar-refractivity contribution < 1.29 is 0 Å². The maximum absolute atomic E-state index is 12.7. The average Bonchev–Trinajstić information content (AvgIpc) is 2.69. The Labute approximate surface area is 122 Å². The predicted octanol–water partition coefficient (Wildman–Crippen LogP) is 2.67. The molecular weight excluding hydrogens is 274 g/mol. The number of rotatable bonds is 1. The van der Waals surface area contributed by atoms with Crippen LogP contribution in [0.5, 0.6) is 0 Å². The summed E-state index contributed by atoms with van der Waals surface area (Å²) < 4.78 is 1.65. The Hall–Kier alpha value is -1.39. The fourth-order valence-corrected chi connectivity index (χ4v) is 3.18. The molecule has 20 heavy (non-hydrogen) atoms. The number of fused-ring (bicyclic) bond motifs is 1. The number of halogens is 1. The number of nitrogens with zero attached hydrogens (tertiary/aromatic N) is 2. The summed E-state index contributed by atoms with van der Waals surface area (Å²) in [5.74, 6) is 0. The van der Waals surface area contributed by atoms with Crippen molar-refractivity contribution >= 4 is 22.5 Å². The first-order chi connectivity index (χ1) is 9.68. The fraction of sp³-hybridized carbons (Fsp3) is 0.467. The molecule has 1 aromatic carbocycles. The number of hydrogen-bond acceptors (Lipinski definition) is 3. The molecule has 0 saturated carbocycles. The van der Waals surface area contributed by atoms with Crippen LogP contribution in [0.1, 0.15) is 30.9 Å². The van der Waals surface area contributed by atoms with Gasteiger partial charge in [-0.2, -0.15) is 0 Å². The molecule has 1 fully saturated rings. The lowest BCUT2D eigenvalue weighted by Crippen LogP contribution is -2.32. The third-order valence-electron chi connectivity index (χ3n) is 3.98. The average molecular weight is 292 g/mol. The first-order valence-electron chi connectivity index (χ1n) is 7.06. The lowest BCUT2D eigenvalue weighted by atomic mass is 10.1. The van der Waals surface area contributed by atoms with E-state index in [2.05, 4.69) is 10.3 Å². The summed E-state index contributed by atoms with van der Waals surface area (Å²) in [6.45, 7) is 3.73. The molecule has 0 radical (unpaired) electrons. The first-order valence-corrected chi connectivity index (χ1v) is 7.44. The van der Waals surface area contributed by atoms with Gasteiger partial charge in [-0.1, -0.05) is 18.6 Å². The molecule has 5 heteroatoms. The van der Waals surface area contributed by atoms with Gasteiger partial charge in [-0.05, 0) is 49.5 Å². The topological polar surface area (TPSA) is 46.9 Å². The van der Waals surface area contributed by atoms with Crippen LogP contribution < -0.4 is 10.9 Å². The number of para-hydroxylation sites is 1. The Morgan fingerprint density at radius 2 is 2.25 bits per heavy atom. The van der Waals surface area contributed by atoms with Gasteiger partial charge in [-0.25, -0.2) is 4.98 Å². The maximum Gasteiger partial charge on any atom is 0.262 e. The van der Waals surface area contributed by atoms with Crippen molar-refractivity contribution in [2.45, 2.75) is 32.2 Å². The molecule has 1 unspecified atom stereocenters. The van der Waals surface area contributed by atoms with Gasteiger partial charge in [-0.3, -0.25) is 9.36 Å². The summed E-state index contributed by atoms with van der Waals surface area (Å²) in [6, 6.07) is 5.76. The molecule has 2 aromatic rings. The van der Waals surface area contributed by atoms with Crippen LogP contribution in [0.2, 0.25) is 5.28 Å². The first kappa shape index (κ1) is 13.6. The molecule has 1 aromatic heterocycles. The third-order valence-corrected chi connectivity index (χ3v) is 4.24. The van der Waals surface area contributed by atoms with E-state index in [-0.39, 0.29) is 11.6 Å². The van der Waals surface area contributed by atoms with E-state index in [0.29, 0.717) is 16.2 Å². The lowest BCUT2D eigenvalue weighted by Gasteiger charge is -2.19. The van der Waals surface area contributed by atoms with Crippen LogP contribution in [-0.4, -0.2) is 22.6 Å². The van der Waals surface area contributed by atoms with Gasteiger partial charge in [0.15, 0.2) is 0 Å². The smallest absolute Gasteiger partial charge is 0.262 e. The highest BCUT2D eigenvalue weighted by molar-refractivity contribution is 6.28. The van der Waals surface area contributed by atoms with Crippen molar-refractivity contribution in [3.63, 3.8) is 0 Å². The Morgan fingerprint density at radius 1 is 1.40 bits per heavy atom. The van der Waals surface area contributed by atoms with Gasteiger partial charge in [0.2, 0.25) is 5.28 Å². The zero-order valence-electron chi connectivity index (χ0n) is 11.5. The number of aryl methyl sites for hydroxylation is 1. The SMILES string of the molecule is Cc1cccc2c(=O)n(C3CCCCNC3)c(Cl)nc12. The second-order valence-corrected chi connectivity index (χ2v) is 5.72. The van der Waals surface area contributed by atoms with Crippen LogP contribution in [0.15, 0.2) is 23.0 Å². The van der Waals surface area contributed by atoms with Crippen molar-refractivity contribution in [2.75, 3.05) is 13.1 Å². The summed E-state index contributed by atoms with van der Waals surface area (Å²) in [5, 5.41) is 4.31. The summed E-state index contributed by atoms with van der Waals surface area (Å²) in [4.78, 5) is 17.2. The Balaban J connectivity index is 2.18. The molecule has 1 aliphatic heterocycles. The van der Waals surface area contributed by atoms with E-state index in [9.17, 15) is 4.79 Å². The van der Waals surface area contributed by atoms with Crippen LogP contribution in [-0.2, 0) is 0 Å². The molecular formula is C15H18ClN3O. The molecule has 1 aliphatic rings. The summed E-state index contributed by atoms with van der Waals surface area (Å²) >= 11 is 6.29. The molecule has 0 spiro atoms. The number of benzene rings is 1. The van der Waals surface area contributed by atoms with Gasteiger partial charge in [0.1, 0.15) is 0 Å². The number of nitrogens with one attached hydrogen (secondary N) is 1. The highest BCUT2D eigenvalue weighted by Crippen LogP contribution is 2.22. The van der Waals surface area contributed by atoms with Gasteiger partial charge >= 0.3 is 0 Å². The minimum atomic E-state index is -0.0302. The van der Waals surface area contributed by atoms with E-state index in [1.807, 2.05) is 25.1 Å². The zero-order chi connectivity index (χ0) is 14.1. The van der Waals surface area contributed by atoms with Gasteiger partial charge in [0.05, 0.1) is 16.9 Å². The fourth-order valence-electron chi connectivity index (χ4n) is 2.88. The highest BCUT2D eigenvalue weighted by Gasteiger charge is 2.20. The van der Waals surface area contributed by atoms with Crippen LogP contribution in [0.3, 0.4) is 0 Å². The summed E-state index contributed by atoms with van der Waals surface area (Å²) in [6.07, 6.45) is 3.21. The van der Waals surface area contributed by atoms with Crippen molar-refractivity contribution in [3.05, 3.63) is 39.4 Å². The second-order valence-electron chi connectivity index (χ2n) is 5.38. The van der Waals surface area contributed by atoms with E-state index >= 15 is 0 Å². The van der Waals surface area contributed by atoms with Gasteiger partial charge in [0.25, 0.3) is 5.56 Å². The van der Waals surface area contributed by atoms with E-state index in [4.69, 9.17) is 11.6 Å². The van der Waals surface area contributed by atoms with Crippen molar-refractivity contribution in [3.8, 4) is 0 Å². The lowest BCUT2D eigenvalue weighted by molar-refractivity contribution is 0.447. The Kier molecular flexibility index (Phi) is 3.76. The maximum atomic E-state index is 12.7. The van der Waals surface area contributed by atoms with Crippen LogP contribution in [0, 0.1) is 6.92 Å². The molecule has 3 rings (SSSR count). The molecule has 0 aliphatic carbocycles. The van der Waals surface area contributed by atoms with Crippen LogP contribution >= 0.6 is 11.6 Å². The molecule has 1 atom stereocenters. The van der Waals surface area contributed by atoms with E-state index in [0.717, 1.165) is 37.9 Å². The monoisotopic (exact) mass is 291 g/mol. The molecule has 1 N–H and O–H groups in total. The molecule has 0 bridgehead atoms. The molecule has 1 saturated heterocycles. The van der Waals surface area contributed by atoms with E-state index in [1.165, 1.54) is 0 Å². The van der Waals surface area contributed by atoms with Gasteiger partial charge in [0, 0.05) is 6.54 Å². The molecule has 4 nitrogen and oxygen atoms in total. The molecule has 106 valence electrons. The van der Waals surface area contributed by atoms with Crippen LogP contribution in [0.25, 0.3) is 10.9 Å².